The zero-order chi connectivity index (χ0) is 11.3. The van der Waals surface area contributed by atoms with Gasteiger partial charge in [0.05, 0.1) is 0 Å². The summed E-state index contributed by atoms with van der Waals surface area (Å²) in [6, 6.07) is 1.05. The van der Waals surface area contributed by atoms with Gasteiger partial charge in [-0.05, 0) is 32.2 Å². The molecule has 3 unspecified atom stereocenters. The lowest BCUT2D eigenvalue weighted by Gasteiger charge is -2.39. The Labute approximate surface area is 94.0 Å². The molecule has 0 aromatic heterocycles. The molecule has 0 aromatic carbocycles. The summed E-state index contributed by atoms with van der Waals surface area (Å²) in [6.45, 7) is 7.72. The summed E-state index contributed by atoms with van der Waals surface area (Å²) in [6.07, 6.45) is 3.48. The molecule has 0 spiro atoms. The van der Waals surface area contributed by atoms with E-state index in [2.05, 4.69) is 18.7 Å². The van der Waals surface area contributed by atoms with Crippen LogP contribution in [0.1, 0.15) is 33.1 Å². The summed E-state index contributed by atoms with van der Waals surface area (Å²) in [5, 5.41) is 0. The number of ether oxygens (including phenoxy) is 1. The van der Waals surface area contributed by atoms with Gasteiger partial charge in [0, 0.05) is 32.3 Å². The van der Waals surface area contributed by atoms with Crippen molar-refractivity contribution in [2.75, 3.05) is 26.8 Å². The van der Waals surface area contributed by atoms with Crippen LogP contribution in [0.2, 0.25) is 0 Å². The molecule has 3 heteroatoms. The van der Waals surface area contributed by atoms with Crippen LogP contribution in [0.25, 0.3) is 0 Å². The summed E-state index contributed by atoms with van der Waals surface area (Å²) in [4.78, 5) is 2.57. The van der Waals surface area contributed by atoms with Crippen LogP contribution < -0.4 is 5.73 Å². The molecular formula is C12H26N2O. The van der Waals surface area contributed by atoms with Gasteiger partial charge in [0.25, 0.3) is 0 Å². The number of rotatable bonds is 5. The maximum Gasteiger partial charge on any atom is 0.0477 e. The number of methoxy groups -OCH3 is 1. The zero-order valence-electron chi connectivity index (χ0n) is 10.4. The average Bonchev–Trinajstić information content (AvgIpc) is 2.26. The Morgan fingerprint density at radius 3 is 2.87 bits per heavy atom. The summed E-state index contributed by atoms with van der Waals surface area (Å²) >= 11 is 0. The SMILES string of the molecule is CCC1CN(C(C)CCOC)CCC1N. The van der Waals surface area contributed by atoms with Crippen LogP contribution in [0, 0.1) is 5.92 Å². The van der Waals surface area contributed by atoms with E-state index in [0.717, 1.165) is 26.0 Å². The van der Waals surface area contributed by atoms with Crippen molar-refractivity contribution in [1.29, 1.82) is 0 Å². The predicted molar refractivity (Wildman–Crippen MR) is 63.9 cm³/mol. The summed E-state index contributed by atoms with van der Waals surface area (Å²) in [5.41, 5.74) is 6.10. The molecule has 90 valence electrons. The second-order valence-corrected chi connectivity index (χ2v) is 4.75. The summed E-state index contributed by atoms with van der Waals surface area (Å²) in [7, 11) is 1.77. The third-order valence-electron chi connectivity index (χ3n) is 3.71. The van der Waals surface area contributed by atoms with Crippen LogP contribution in [-0.4, -0.2) is 43.8 Å². The Morgan fingerprint density at radius 2 is 2.27 bits per heavy atom. The Bertz CT molecular complexity index is 175. The van der Waals surface area contributed by atoms with E-state index in [1.165, 1.54) is 13.0 Å². The third-order valence-corrected chi connectivity index (χ3v) is 3.71. The number of hydrogen-bond acceptors (Lipinski definition) is 3. The fourth-order valence-corrected chi connectivity index (χ4v) is 2.38. The number of likely N-dealkylation sites (tertiary alicyclic amines) is 1. The van der Waals surface area contributed by atoms with Gasteiger partial charge in [-0.2, -0.15) is 0 Å². The first-order valence-corrected chi connectivity index (χ1v) is 6.17. The van der Waals surface area contributed by atoms with Gasteiger partial charge < -0.3 is 15.4 Å². The molecule has 0 aromatic rings. The van der Waals surface area contributed by atoms with Crippen LogP contribution in [0.4, 0.5) is 0 Å². The van der Waals surface area contributed by atoms with Gasteiger partial charge in [0.15, 0.2) is 0 Å². The van der Waals surface area contributed by atoms with Crippen LogP contribution >= 0.6 is 0 Å². The molecule has 3 atom stereocenters. The number of nitrogens with zero attached hydrogens (tertiary/aromatic N) is 1. The highest BCUT2D eigenvalue weighted by atomic mass is 16.5. The lowest BCUT2D eigenvalue weighted by molar-refractivity contribution is 0.0890. The predicted octanol–water partition coefficient (Wildman–Crippen LogP) is 1.47. The highest BCUT2D eigenvalue weighted by molar-refractivity contribution is 4.84. The first-order chi connectivity index (χ1) is 7.19. The molecule has 0 bridgehead atoms. The van der Waals surface area contributed by atoms with E-state index in [-0.39, 0.29) is 0 Å². The summed E-state index contributed by atoms with van der Waals surface area (Å²) in [5.74, 6) is 0.684. The van der Waals surface area contributed by atoms with Gasteiger partial charge in [0.2, 0.25) is 0 Å². The molecule has 1 heterocycles. The van der Waals surface area contributed by atoms with Gasteiger partial charge in [0.1, 0.15) is 0 Å². The first kappa shape index (κ1) is 12.9. The Balaban J connectivity index is 2.36. The van der Waals surface area contributed by atoms with Gasteiger partial charge in [-0.3, -0.25) is 0 Å². The largest absolute Gasteiger partial charge is 0.385 e. The monoisotopic (exact) mass is 214 g/mol. The molecule has 0 radical (unpaired) electrons. The van der Waals surface area contributed by atoms with Crippen molar-refractivity contribution in [2.45, 2.75) is 45.2 Å². The minimum Gasteiger partial charge on any atom is -0.385 e. The second-order valence-electron chi connectivity index (χ2n) is 4.75. The Morgan fingerprint density at radius 1 is 1.53 bits per heavy atom. The van der Waals surface area contributed by atoms with E-state index in [1.54, 1.807) is 7.11 Å². The highest BCUT2D eigenvalue weighted by Gasteiger charge is 2.27. The minimum atomic E-state index is 0.417. The Kier molecular flexibility index (Phi) is 5.58. The van der Waals surface area contributed by atoms with Gasteiger partial charge >= 0.3 is 0 Å². The molecule has 1 rings (SSSR count). The molecule has 1 fully saturated rings. The molecule has 0 amide bonds. The molecular weight excluding hydrogens is 188 g/mol. The highest BCUT2D eigenvalue weighted by Crippen LogP contribution is 2.21. The standard InChI is InChI=1S/C12H26N2O/c1-4-11-9-14(7-5-12(11)13)10(2)6-8-15-3/h10-12H,4-9,13H2,1-3H3. The van der Waals surface area contributed by atoms with Crippen LogP contribution in [0.3, 0.4) is 0 Å². The van der Waals surface area contributed by atoms with E-state index < -0.39 is 0 Å². The fourth-order valence-electron chi connectivity index (χ4n) is 2.38. The molecule has 3 nitrogen and oxygen atoms in total. The maximum absolute atomic E-state index is 6.10. The van der Waals surface area contributed by atoms with Crippen LogP contribution in [0.5, 0.6) is 0 Å². The van der Waals surface area contributed by atoms with Crippen molar-refractivity contribution in [3.63, 3.8) is 0 Å². The normalized spacial score (nSPS) is 30.4. The molecule has 1 aliphatic rings. The van der Waals surface area contributed by atoms with E-state index in [1.807, 2.05) is 0 Å². The lowest BCUT2D eigenvalue weighted by Crippen LogP contribution is -2.49. The number of piperidine rings is 1. The molecule has 0 aliphatic carbocycles. The molecule has 15 heavy (non-hydrogen) atoms. The van der Waals surface area contributed by atoms with Crippen molar-refractivity contribution in [1.82, 2.24) is 4.90 Å². The van der Waals surface area contributed by atoms with Gasteiger partial charge in [-0.15, -0.1) is 0 Å². The lowest BCUT2D eigenvalue weighted by atomic mass is 9.90. The molecule has 0 saturated carbocycles. The second kappa shape index (κ2) is 6.46. The van der Waals surface area contributed by atoms with Gasteiger partial charge in [-0.1, -0.05) is 13.3 Å². The van der Waals surface area contributed by atoms with E-state index >= 15 is 0 Å². The molecule has 2 N–H and O–H groups in total. The maximum atomic E-state index is 6.10. The van der Waals surface area contributed by atoms with E-state index in [4.69, 9.17) is 10.5 Å². The van der Waals surface area contributed by atoms with Crippen LogP contribution in [-0.2, 0) is 4.74 Å². The topological polar surface area (TPSA) is 38.5 Å². The van der Waals surface area contributed by atoms with Crippen molar-refractivity contribution < 1.29 is 4.74 Å². The van der Waals surface area contributed by atoms with Crippen LogP contribution in [0.15, 0.2) is 0 Å². The van der Waals surface area contributed by atoms with E-state index in [0.29, 0.717) is 18.0 Å². The zero-order valence-corrected chi connectivity index (χ0v) is 10.4. The minimum absolute atomic E-state index is 0.417. The third kappa shape index (κ3) is 3.74. The van der Waals surface area contributed by atoms with Crippen molar-refractivity contribution in [2.24, 2.45) is 11.7 Å². The Hall–Kier alpha value is -0.120. The van der Waals surface area contributed by atoms with E-state index in [9.17, 15) is 0 Å². The van der Waals surface area contributed by atoms with Crippen molar-refractivity contribution in [3.05, 3.63) is 0 Å². The molecule has 1 saturated heterocycles. The van der Waals surface area contributed by atoms with Crippen molar-refractivity contribution >= 4 is 0 Å². The first-order valence-electron chi connectivity index (χ1n) is 6.17. The smallest absolute Gasteiger partial charge is 0.0477 e. The fraction of sp³-hybridized carbons (Fsp3) is 1.00. The quantitative estimate of drug-likeness (QED) is 0.753. The number of hydrogen-bond donors (Lipinski definition) is 1. The van der Waals surface area contributed by atoms with Gasteiger partial charge in [-0.25, -0.2) is 0 Å². The number of nitrogens with two attached hydrogens (primary N) is 1. The van der Waals surface area contributed by atoms with Crippen molar-refractivity contribution in [3.8, 4) is 0 Å². The average molecular weight is 214 g/mol. The molecule has 1 aliphatic heterocycles. The summed E-state index contributed by atoms with van der Waals surface area (Å²) < 4.78 is 5.13.